The Morgan fingerprint density at radius 1 is 1.23 bits per heavy atom. The maximum atomic E-state index is 13.8. The summed E-state index contributed by atoms with van der Waals surface area (Å²) >= 11 is 6.18. The van der Waals surface area contributed by atoms with Crippen LogP contribution in [0.15, 0.2) is 24.3 Å². The van der Waals surface area contributed by atoms with Crippen LogP contribution in [0.2, 0.25) is 5.02 Å². The molecule has 0 saturated carbocycles. The molecule has 0 aliphatic carbocycles. The van der Waals surface area contributed by atoms with Crippen molar-refractivity contribution in [3.8, 4) is 0 Å². The highest BCUT2D eigenvalue weighted by Crippen LogP contribution is 2.27. The van der Waals surface area contributed by atoms with Gasteiger partial charge in [0.2, 0.25) is 18.1 Å². The number of cyclic esters (lactones) is 1. The Kier molecular flexibility index (Phi) is 8.77. The molecule has 2 aliphatic heterocycles. The fraction of sp³-hybridized carbons (Fsp3) is 0.600. The highest BCUT2D eigenvalue weighted by molar-refractivity contribution is 6.33. The largest absolute Gasteiger partial charge is 0.433 e. The first-order valence-corrected chi connectivity index (χ1v) is 12.4. The van der Waals surface area contributed by atoms with Crippen molar-refractivity contribution in [3.63, 3.8) is 0 Å². The summed E-state index contributed by atoms with van der Waals surface area (Å²) in [7, 11) is 0. The predicted octanol–water partition coefficient (Wildman–Crippen LogP) is 2.66. The first kappa shape index (κ1) is 26.9. The SMILES string of the molecule is CCO[C@@H]1OC(=O)CC1NC(=O)[C@@H]1CCCCN1C(=O)[C@@H](NC(=O)c1ccccc1Cl)C(C)(C)C. The number of carbonyl (C=O) groups excluding carboxylic acids is 4. The number of amides is 3. The molecule has 192 valence electrons. The zero-order valence-electron chi connectivity index (χ0n) is 20.6. The molecule has 1 unspecified atom stereocenters. The number of nitrogens with one attached hydrogen (secondary N) is 2. The molecule has 0 aromatic heterocycles. The molecule has 0 radical (unpaired) electrons. The van der Waals surface area contributed by atoms with Gasteiger partial charge in [-0.3, -0.25) is 19.2 Å². The van der Waals surface area contributed by atoms with E-state index in [0.29, 0.717) is 19.6 Å². The van der Waals surface area contributed by atoms with Gasteiger partial charge in [0.15, 0.2) is 0 Å². The van der Waals surface area contributed by atoms with E-state index in [9.17, 15) is 19.2 Å². The molecular formula is C25H34ClN3O6. The summed E-state index contributed by atoms with van der Waals surface area (Å²) in [5.74, 6) is -1.60. The number of hydrogen-bond donors (Lipinski definition) is 2. The van der Waals surface area contributed by atoms with Gasteiger partial charge in [0.1, 0.15) is 18.1 Å². The molecule has 0 bridgehead atoms. The van der Waals surface area contributed by atoms with E-state index in [2.05, 4.69) is 10.6 Å². The van der Waals surface area contributed by atoms with Gasteiger partial charge < -0.3 is 25.0 Å². The molecular weight excluding hydrogens is 474 g/mol. The van der Waals surface area contributed by atoms with Crippen LogP contribution in [0.3, 0.4) is 0 Å². The van der Waals surface area contributed by atoms with Crippen molar-refractivity contribution in [1.29, 1.82) is 0 Å². The zero-order chi connectivity index (χ0) is 25.8. The lowest BCUT2D eigenvalue weighted by Gasteiger charge is -2.40. The molecule has 9 nitrogen and oxygen atoms in total. The van der Waals surface area contributed by atoms with Crippen molar-refractivity contribution in [3.05, 3.63) is 34.9 Å². The normalized spacial score (nSPS) is 23.4. The number of halogens is 1. The zero-order valence-corrected chi connectivity index (χ0v) is 21.4. The number of ether oxygens (including phenoxy) is 2. The molecule has 4 atom stereocenters. The average molecular weight is 508 g/mol. The quantitative estimate of drug-likeness (QED) is 0.548. The summed E-state index contributed by atoms with van der Waals surface area (Å²) in [6.07, 6.45) is 1.17. The minimum absolute atomic E-state index is 0.00951. The minimum atomic E-state index is -0.882. The van der Waals surface area contributed by atoms with Crippen LogP contribution in [0.1, 0.15) is 63.7 Å². The number of carbonyl (C=O) groups is 4. The number of nitrogens with zero attached hydrogens (tertiary/aromatic N) is 1. The Morgan fingerprint density at radius 3 is 2.60 bits per heavy atom. The number of piperidine rings is 1. The Morgan fingerprint density at radius 2 is 1.94 bits per heavy atom. The van der Waals surface area contributed by atoms with E-state index in [0.717, 1.165) is 12.8 Å². The molecule has 2 N–H and O–H groups in total. The Hall–Kier alpha value is -2.65. The summed E-state index contributed by atoms with van der Waals surface area (Å²) in [5.41, 5.74) is -0.352. The van der Waals surface area contributed by atoms with E-state index in [1.54, 1.807) is 31.2 Å². The van der Waals surface area contributed by atoms with Gasteiger partial charge in [-0.1, -0.05) is 44.5 Å². The van der Waals surface area contributed by atoms with E-state index in [1.807, 2.05) is 20.8 Å². The number of benzene rings is 1. The molecule has 3 amide bonds. The fourth-order valence-corrected chi connectivity index (χ4v) is 4.61. The first-order valence-electron chi connectivity index (χ1n) is 12.0. The van der Waals surface area contributed by atoms with E-state index in [4.69, 9.17) is 21.1 Å². The predicted molar refractivity (Wildman–Crippen MR) is 130 cm³/mol. The number of likely N-dealkylation sites (tertiary alicyclic amines) is 1. The highest BCUT2D eigenvalue weighted by atomic mass is 35.5. The second-order valence-electron chi connectivity index (χ2n) is 9.93. The van der Waals surface area contributed by atoms with Gasteiger partial charge >= 0.3 is 5.97 Å². The van der Waals surface area contributed by atoms with Gasteiger partial charge in [-0.25, -0.2) is 0 Å². The van der Waals surface area contributed by atoms with Crippen LogP contribution < -0.4 is 10.6 Å². The topological polar surface area (TPSA) is 114 Å². The first-order chi connectivity index (χ1) is 16.5. The number of esters is 1. The molecule has 0 spiro atoms. The van der Waals surface area contributed by atoms with Crippen LogP contribution in [0, 0.1) is 5.41 Å². The standard InChI is InChI=1S/C25H34ClN3O6/c1-5-34-24-17(14-19(30)35-24)27-22(32)18-12-8-9-13-29(18)23(33)20(25(2,3)4)28-21(31)15-10-6-7-11-16(15)26/h6-7,10-11,17-18,20,24H,5,8-9,12-14H2,1-4H3,(H,27,32)(H,28,31)/t17?,18-,20+,24+/m0/s1. The lowest BCUT2D eigenvalue weighted by molar-refractivity contribution is -0.165. The van der Waals surface area contributed by atoms with Crippen LogP contribution in [0.5, 0.6) is 0 Å². The van der Waals surface area contributed by atoms with Gasteiger partial charge in [-0.15, -0.1) is 0 Å². The summed E-state index contributed by atoms with van der Waals surface area (Å²) < 4.78 is 10.6. The Bertz CT molecular complexity index is 963. The van der Waals surface area contributed by atoms with Gasteiger partial charge in [-0.05, 0) is 43.7 Å². The van der Waals surface area contributed by atoms with Crippen LogP contribution >= 0.6 is 11.6 Å². The van der Waals surface area contributed by atoms with Crippen LogP contribution in [0.4, 0.5) is 0 Å². The van der Waals surface area contributed by atoms with Crippen LogP contribution in [-0.4, -0.2) is 66.2 Å². The smallest absolute Gasteiger partial charge is 0.310 e. The third-order valence-electron chi connectivity index (χ3n) is 6.22. The van der Waals surface area contributed by atoms with Crippen molar-refractivity contribution in [2.45, 2.75) is 77.8 Å². The maximum absolute atomic E-state index is 13.8. The monoisotopic (exact) mass is 507 g/mol. The lowest BCUT2D eigenvalue weighted by Crippen LogP contribution is -2.61. The molecule has 10 heteroatoms. The highest BCUT2D eigenvalue weighted by Gasteiger charge is 2.43. The van der Waals surface area contributed by atoms with Gasteiger partial charge in [0, 0.05) is 13.2 Å². The van der Waals surface area contributed by atoms with Crippen molar-refractivity contribution < 1.29 is 28.7 Å². The van der Waals surface area contributed by atoms with Crippen LogP contribution in [-0.2, 0) is 23.9 Å². The molecule has 1 aromatic carbocycles. The molecule has 2 aliphatic rings. The van der Waals surface area contributed by atoms with Crippen LogP contribution in [0.25, 0.3) is 0 Å². The van der Waals surface area contributed by atoms with Gasteiger partial charge in [0.25, 0.3) is 5.91 Å². The molecule has 1 aromatic rings. The number of rotatable bonds is 7. The van der Waals surface area contributed by atoms with Crippen molar-refractivity contribution >= 4 is 35.3 Å². The van der Waals surface area contributed by atoms with Crippen molar-refractivity contribution in [2.24, 2.45) is 5.41 Å². The van der Waals surface area contributed by atoms with Crippen molar-refractivity contribution in [2.75, 3.05) is 13.2 Å². The third kappa shape index (κ3) is 6.52. The summed E-state index contributed by atoms with van der Waals surface area (Å²) in [4.78, 5) is 53.3. The van der Waals surface area contributed by atoms with E-state index in [-0.39, 0.29) is 28.8 Å². The molecule has 3 rings (SSSR count). The third-order valence-corrected chi connectivity index (χ3v) is 6.55. The fourth-order valence-electron chi connectivity index (χ4n) is 4.38. The van der Waals surface area contributed by atoms with E-state index in [1.165, 1.54) is 4.90 Å². The Balaban J connectivity index is 1.78. The van der Waals surface area contributed by atoms with Gasteiger partial charge in [0.05, 0.1) is 17.0 Å². The van der Waals surface area contributed by atoms with E-state index >= 15 is 0 Å². The lowest BCUT2D eigenvalue weighted by atomic mass is 9.84. The molecule has 2 heterocycles. The second kappa shape index (κ2) is 11.4. The molecule has 35 heavy (non-hydrogen) atoms. The second-order valence-corrected chi connectivity index (χ2v) is 10.3. The minimum Gasteiger partial charge on any atom is -0.433 e. The van der Waals surface area contributed by atoms with Crippen molar-refractivity contribution in [1.82, 2.24) is 15.5 Å². The number of hydrogen-bond acceptors (Lipinski definition) is 6. The Labute approximate surface area is 210 Å². The maximum Gasteiger partial charge on any atom is 0.310 e. The molecule has 2 fully saturated rings. The van der Waals surface area contributed by atoms with Gasteiger partial charge in [-0.2, -0.15) is 0 Å². The summed E-state index contributed by atoms with van der Waals surface area (Å²) in [6, 6.07) is 4.41. The average Bonchev–Trinajstić information content (AvgIpc) is 3.15. The van der Waals surface area contributed by atoms with E-state index < -0.39 is 41.7 Å². The summed E-state index contributed by atoms with van der Waals surface area (Å²) in [6.45, 7) is 8.06. The molecule has 2 saturated heterocycles. The summed E-state index contributed by atoms with van der Waals surface area (Å²) in [5, 5.41) is 5.97.